The van der Waals surface area contributed by atoms with Gasteiger partial charge in [-0.15, -0.1) is 9.97 Å². The van der Waals surface area contributed by atoms with E-state index in [1.807, 2.05) is 0 Å². The molecule has 4 aliphatic heterocycles. The highest BCUT2D eigenvalue weighted by atomic mass is 16.5. The van der Waals surface area contributed by atoms with Gasteiger partial charge < -0.3 is 29.6 Å². The molecule has 0 spiro atoms. The summed E-state index contributed by atoms with van der Waals surface area (Å²) in [7, 11) is 8.77. The number of nitrogens with zero attached hydrogens (tertiary/aromatic N) is 10. The zero-order valence-corrected chi connectivity index (χ0v) is 43.5. The molecule has 2 aromatic rings. The number of piperidine rings is 4. The molecule has 0 bridgehead atoms. The number of nitrogens with one attached hydrogen (secondary N) is 2. The monoisotopic (exact) mass is 895 g/mol. The first-order valence-corrected chi connectivity index (χ1v) is 23.8. The number of hydrogen-bond acceptors (Lipinski definition) is 16. The second-order valence-corrected chi connectivity index (χ2v) is 24.6. The van der Waals surface area contributed by atoms with E-state index in [0.717, 1.165) is 51.4 Å². The van der Waals surface area contributed by atoms with Crippen LogP contribution in [0.1, 0.15) is 162 Å². The Kier molecular flexibility index (Phi) is 13.6. The number of rotatable bonds is 13. The molecule has 6 heterocycles. The molecule has 4 saturated heterocycles. The highest BCUT2D eigenvalue weighted by Gasteiger charge is 2.48. The van der Waals surface area contributed by atoms with Gasteiger partial charge in [0.2, 0.25) is 11.9 Å². The molecule has 6 rings (SSSR count). The van der Waals surface area contributed by atoms with Crippen molar-refractivity contribution in [3.63, 3.8) is 0 Å². The van der Waals surface area contributed by atoms with E-state index < -0.39 is 0 Å². The van der Waals surface area contributed by atoms with Crippen LogP contribution in [0, 0.1) is 0 Å². The Labute approximate surface area is 386 Å². The van der Waals surface area contributed by atoms with Crippen LogP contribution in [0.4, 0.5) is 11.9 Å². The lowest BCUT2D eigenvalue weighted by molar-refractivity contribution is -0.0617. The van der Waals surface area contributed by atoms with Gasteiger partial charge in [-0.3, -0.25) is 19.6 Å². The number of hydrogen-bond donors (Lipinski definition) is 2. The molecule has 362 valence electrons. The molecule has 2 N–H and O–H groups in total. The van der Waals surface area contributed by atoms with Crippen LogP contribution in [-0.2, 0) is 0 Å². The average Bonchev–Trinajstić information content (AvgIpc) is 3.11. The summed E-state index contributed by atoms with van der Waals surface area (Å²) in [5.74, 6) is 0.756. The Morgan fingerprint density at radius 1 is 0.344 bits per heavy atom. The average molecular weight is 895 g/mol. The van der Waals surface area contributed by atoms with Gasteiger partial charge in [0.1, 0.15) is 24.4 Å². The van der Waals surface area contributed by atoms with Gasteiger partial charge in [-0.2, -0.15) is 19.9 Å². The zero-order valence-electron chi connectivity index (χ0n) is 43.5. The van der Waals surface area contributed by atoms with E-state index in [1.165, 1.54) is 0 Å². The third-order valence-corrected chi connectivity index (χ3v) is 16.0. The van der Waals surface area contributed by atoms with Crippen molar-refractivity contribution in [1.82, 2.24) is 49.5 Å². The molecule has 0 unspecified atom stereocenters. The summed E-state index contributed by atoms with van der Waals surface area (Å²) in [4.78, 5) is 38.5. The zero-order chi connectivity index (χ0) is 47.6. The third-order valence-electron chi connectivity index (χ3n) is 16.0. The number of likely N-dealkylation sites (tertiary alicyclic amines) is 4. The molecule has 4 fully saturated rings. The van der Waals surface area contributed by atoms with Crippen molar-refractivity contribution in [2.75, 3.05) is 51.9 Å². The summed E-state index contributed by atoms with van der Waals surface area (Å²) in [6.45, 7) is 37.1. The standard InChI is InChI=1S/C48H86N12O4/c1-41(2)23-31(24-42(3,4)57(41)17)61-37-51-35(52-38(55-37)62-32-25-43(5,6)58(18)44(7,8)26-32)49-21-22-50-36-53-39(63-33-27-45(9,10)59(19)46(11,12)28-33)56-40(54-36)64-34-29-47(13,14)60(20)48(15,16)30-34/h31-34H,21-30H2,1-20H3,(H,49,51,52,55)(H,50,53,54,56). The second kappa shape index (κ2) is 17.4. The largest absolute Gasteiger partial charge is 0.460 e. The van der Waals surface area contributed by atoms with Crippen molar-refractivity contribution in [3.05, 3.63) is 0 Å². The van der Waals surface area contributed by atoms with Crippen LogP contribution in [0.2, 0.25) is 0 Å². The van der Waals surface area contributed by atoms with Gasteiger partial charge in [0.25, 0.3) is 0 Å². The molecule has 0 aromatic carbocycles. The summed E-state index contributed by atoms with van der Waals surface area (Å²) < 4.78 is 26.6. The van der Waals surface area contributed by atoms with E-state index in [4.69, 9.17) is 48.9 Å². The Morgan fingerprint density at radius 2 is 0.516 bits per heavy atom. The van der Waals surface area contributed by atoms with E-state index >= 15 is 0 Å². The molecule has 64 heavy (non-hydrogen) atoms. The fourth-order valence-corrected chi connectivity index (χ4v) is 11.4. The lowest BCUT2D eigenvalue weighted by Gasteiger charge is -2.53. The number of aromatic nitrogens is 6. The summed E-state index contributed by atoms with van der Waals surface area (Å²) >= 11 is 0. The molecule has 0 amide bonds. The first kappa shape index (κ1) is 50.1. The Morgan fingerprint density at radius 3 is 0.688 bits per heavy atom. The highest BCUT2D eigenvalue weighted by Crippen LogP contribution is 2.42. The van der Waals surface area contributed by atoms with E-state index in [2.05, 4.69) is 169 Å². The molecule has 0 atom stereocenters. The van der Waals surface area contributed by atoms with Crippen molar-refractivity contribution in [2.45, 2.75) is 231 Å². The summed E-state index contributed by atoms with van der Waals surface area (Å²) in [6.07, 6.45) is 6.36. The molecule has 0 aliphatic carbocycles. The van der Waals surface area contributed by atoms with Crippen molar-refractivity contribution >= 4 is 11.9 Å². The van der Waals surface area contributed by atoms with Crippen LogP contribution < -0.4 is 29.6 Å². The van der Waals surface area contributed by atoms with E-state index in [1.54, 1.807) is 0 Å². The van der Waals surface area contributed by atoms with Crippen LogP contribution in [-0.4, -0.2) is 160 Å². The molecule has 16 nitrogen and oxygen atoms in total. The SMILES string of the molecule is CN1C(C)(C)CC(Oc2nc(NCCNc3nc(OC4CC(C)(C)N(C)C(C)(C)C4)nc(OC4CC(C)(C)N(C)C(C)(C)C4)n3)nc(OC3CC(C)(C)N(C)C(C)(C)C3)n2)CC1(C)C. The second-order valence-electron chi connectivity index (χ2n) is 24.6. The van der Waals surface area contributed by atoms with Crippen molar-refractivity contribution in [2.24, 2.45) is 0 Å². The topological polar surface area (TPSA) is 151 Å². The summed E-state index contributed by atoms with van der Waals surface area (Å²) in [6, 6.07) is 1.04. The minimum absolute atomic E-state index is 0.0672. The molecule has 2 aromatic heterocycles. The normalized spacial score (nSPS) is 26.2. The fraction of sp³-hybridized carbons (Fsp3) is 0.875. The van der Waals surface area contributed by atoms with E-state index in [9.17, 15) is 0 Å². The van der Waals surface area contributed by atoms with E-state index in [0.29, 0.717) is 25.0 Å². The summed E-state index contributed by atoms with van der Waals surface area (Å²) in [5.41, 5.74) is -0.538. The number of anilines is 2. The van der Waals surface area contributed by atoms with Crippen molar-refractivity contribution in [1.29, 1.82) is 0 Å². The Hall–Kier alpha value is -3.34. The molecule has 0 saturated carbocycles. The summed E-state index contributed by atoms with van der Waals surface area (Å²) in [5, 5.41) is 6.82. The van der Waals surface area contributed by atoms with Gasteiger partial charge in [0.15, 0.2) is 0 Å². The van der Waals surface area contributed by atoms with Gasteiger partial charge in [0.05, 0.1) is 0 Å². The minimum Gasteiger partial charge on any atom is -0.460 e. The first-order valence-electron chi connectivity index (χ1n) is 23.8. The van der Waals surface area contributed by atoms with E-state index in [-0.39, 0.29) is 92.8 Å². The molecule has 0 radical (unpaired) electrons. The lowest BCUT2D eigenvalue weighted by Crippen LogP contribution is -2.60. The molecule has 16 heteroatoms. The fourth-order valence-electron chi connectivity index (χ4n) is 11.4. The maximum absolute atomic E-state index is 6.64. The van der Waals surface area contributed by atoms with Crippen LogP contribution in [0.25, 0.3) is 0 Å². The lowest BCUT2D eigenvalue weighted by atomic mass is 9.79. The van der Waals surface area contributed by atoms with Crippen molar-refractivity contribution in [3.8, 4) is 24.0 Å². The smallest absolute Gasteiger partial charge is 0.324 e. The third kappa shape index (κ3) is 11.3. The predicted molar refractivity (Wildman–Crippen MR) is 255 cm³/mol. The number of ether oxygens (including phenoxy) is 4. The molecule has 4 aliphatic rings. The van der Waals surface area contributed by atoms with Gasteiger partial charge in [0, 0.05) is 109 Å². The minimum atomic E-state index is -0.0813. The van der Waals surface area contributed by atoms with Crippen molar-refractivity contribution < 1.29 is 18.9 Å². The van der Waals surface area contributed by atoms with Crippen LogP contribution in [0.3, 0.4) is 0 Å². The van der Waals surface area contributed by atoms with Crippen LogP contribution in [0.15, 0.2) is 0 Å². The van der Waals surface area contributed by atoms with Crippen LogP contribution in [0.5, 0.6) is 24.0 Å². The molecular formula is C48H86N12O4. The van der Waals surface area contributed by atoms with Gasteiger partial charge in [-0.1, -0.05) is 0 Å². The molecular weight excluding hydrogens is 809 g/mol. The van der Waals surface area contributed by atoms with Gasteiger partial charge >= 0.3 is 24.0 Å². The first-order chi connectivity index (χ1) is 29.2. The Balaban J connectivity index is 1.21. The Bertz CT molecular complexity index is 1620. The predicted octanol–water partition coefficient (Wildman–Crippen LogP) is 7.70. The quantitative estimate of drug-likeness (QED) is 0.189. The maximum Gasteiger partial charge on any atom is 0.324 e. The van der Waals surface area contributed by atoms with Crippen LogP contribution >= 0.6 is 0 Å². The maximum atomic E-state index is 6.64. The van der Waals surface area contributed by atoms with Gasteiger partial charge in [-0.05, 0) is 139 Å². The van der Waals surface area contributed by atoms with Gasteiger partial charge in [-0.25, -0.2) is 0 Å². The highest BCUT2D eigenvalue weighted by molar-refractivity contribution is 5.31.